The Morgan fingerprint density at radius 1 is 0.759 bits per heavy atom. The highest BCUT2D eigenvalue weighted by atomic mass is 28.4. The van der Waals surface area contributed by atoms with Gasteiger partial charge in [-0.3, -0.25) is 0 Å². The van der Waals surface area contributed by atoms with Crippen LogP contribution in [0.25, 0.3) is 11.1 Å². The highest BCUT2D eigenvalue weighted by Crippen LogP contribution is 2.40. The fourth-order valence-corrected chi connectivity index (χ4v) is 8.31. The van der Waals surface area contributed by atoms with Crippen molar-refractivity contribution in [3.63, 3.8) is 0 Å². The lowest BCUT2D eigenvalue weighted by Crippen LogP contribution is -2.31. The van der Waals surface area contributed by atoms with Gasteiger partial charge >= 0.3 is 0 Å². The van der Waals surface area contributed by atoms with E-state index in [4.69, 9.17) is 8.85 Å². The quantitative estimate of drug-likeness (QED) is 0.312. The van der Waals surface area contributed by atoms with Crippen LogP contribution in [0.4, 0.5) is 0 Å². The van der Waals surface area contributed by atoms with E-state index in [0.717, 1.165) is 19.6 Å². The maximum absolute atomic E-state index is 6.59. The summed E-state index contributed by atoms with van der Waals surface area (Å²) in [6.45, 7) is 15.3. The van der Waals surface area contributed by atoms with Gasteiger partial charge in [0.2, 0.25) is 0 Å². The first-order valence-corrected chi connectivity index (χ1v) is 17.5. The van der Waals surface area contributed by atoms with E-state index >= 15 is 0 Å². The van der Waals surface area contributed by atoms with Crippen LogP contribution in [0.5, 0.6) is 0 Å². The lowest BCUT2D eigenvalue weighted by atomic mass is 9.97. The van der Waals surface area contributed by atoms with E-state index < -0.39 is 16.6 Å². The molecular weight excluding hydrogens is 388 g/mol. The Labute approximate surface area is 179 Å². The molecule has 2 nitrogen and oxygen atoms in total. The van der Waals surface area contributed by atoms with E-state index in [1.54, 1.807) is 0 Å². The minimum Gasteiger partial charge on any atom is -0.413 e. The third-order valence-corrected chi connectivity index (χ3v) is 11.4. The van der Waals surface area contributed by atoms with Crippen molar-refractivity contribution in [1.29, 1.82) is 0 Å². The SMILES string of the molecule is CCC[Si](C)(C)OCc1ccc2c(c1CO[Si](C)(C)CCC)Cc1ccccc1-2. The second-order valence-electron chi connectivity index (χ2n) is 9.66. The molecule has 0 fully saturated rings. The third-order valence-electron chi connectivity index (χ3n) is 6.13. The van der Waals surface area contributed by atoms with E-state index in [1.165, 1.54) is 58.3 Å². The Bertz CT molecular complexity index is 843. The maximum Gasteiger partial charge on any atom is 0.187 e. The monoisotopic (exact) mass is 426 g/mol. The Morgan fingerprint density at radius 3 is 2.03 bits per heavy atom. The first kappa shape index (κ1) is 22.5. The molecule has 0 N–H and O–H groups in total. The number of hydrogen-bond acceptors (Lipinski definition) is 2. The fraction of sp³-hybridized carbons (Fsp3) is 0.520. The Hall–Kier alpha value is -1.21. The molecule has 1 aliphatic rings. The normalized spacial score (nSPS) is 13.4. The lowest BCUT2D eigenvalue weighted by molar-refractivity contribution is 0.273. The summed E-state index contributed by atoms with van der Waals surface area (Å²) < 4.78 is 13.1. The summed E-state index contributed by atoms with van der Waals surface area (Å²) in [6, 6.07) is 15.9. The average molecular weight is 427 g/mol. The first-order chi connectivity index (χ1) is 13.8. The van der Waals surface area contributed by atoms with Crippen molar-refractivity contribution in [3.8, 4) is 11.1 Å². The zero-order valence-corrected chi connectivity index (χ0v) is 21.2. The largest absolute Gasteiger partial charge is 0.413 e. The predicted molar refractivity (Wildman–Crippen MR) is 129 cm³/mol. The molecule has 0 aliphatic heterocycles. The van der Waals surface area contributed by atoms with Crippen molar-refractivity contribution < 1.29 is 8.85 Å². The van der Waals surface area contributed by atoms with Gasteiger partial charge in [-0.2, -0.15) is 0 Å². The topological polar surface area (TPSA) is 18.5 Å². The van der Waals surface area contributed by atoms with Gasteiger partial charge < -0.3 is 8.85 Å². The van der Waals surface area contributed by atoms with Crippen LogP contribution >= 0.6 is 0 Å². The van der Waals surface area contributed by atoms with Crippen LogP contribution in [-0.2, 0) is 28.5 Å². The maximum atomic E-state index is 6.59. The van der Waals surface area contributed by atoms with Crippen molar-refractivity contribution >= 4 is 16.6 Å². The van der Waals surface area contributed by atoms with Crippen LogP contribution in [0.15, 0.2) is 36.4 Å². The summed E-state index contributed by atoms with van der Waals surface area (Å²) in [4.78, 5) is 0. The minimum atomic E-state index is -1.63. The van der Waals surface area contributed by atoms with Crippen LogP contribution in [0.1, 0.15) is 48.9 Å². The van der Waals surface area contributed by atoms with E-state index in [1.807, 2.05) is 0 Å². The molecule has 0 bridgehead atoms. The summed E-state index contributed by atoms with van der Waals surface area (Å²) in [5.74, 6) is 0. The molecule has 0 amide bonds. The number of rotatable bonds is 10. The van der Waals surface area contributed by atoms with Gasteiger partial charge in [-0.1, -0.05) is 63.1 Å². The van der Waals surface area contributed by atoms with Crippen molar-refractivity contribution in [1.82, 2.24) is 0 Å². The van der Waals surface area contributed by atoms with Crippen LogP contribution < -0.4 is 0 Å². The number of fused-ring (bicyclic) bond motifs is 3. The standard InChI is InChI=1S/C25H38O2Si2/c1-7-15-28(3,4)26-18-21-13-14-23-22-12-10-9-11-20(22)17-24(23)25(21)19-27-29(5,6)16-8-2/h9-14H,7-8,15-19H2,1-6H3. The molecule has 0 spiro atoms. The Kier molecular flexibility index (Phi) is 7.20. The van der Waals surface area contributed by atoms with Gasteiger partial charge in [0.1, 0.15) is 0 Å². The summed E-state index contributed by atoms with van der Waals surface area (Å²) in [6.07, 6.45) is 3.42. The van der Waals surface area contributed by atoms with Crippen molar-refractivity contribution in [3.05, 3.63) is 58.7 Å². The molecule has 2 aromatic rings. The molecule has 0 heterocycles. The molecular formula is C25H38O2Si2. The van der Waals surface area contributed by atoms with E-state index in [2.05, 4.69) is 76.4 Å². The van der Waals surface area contributed by atoms with Crippen LogP contribution in [0.3, 0.4) is 0 Å². The second-order valence-corrected chi connectivity index (χ2v) is 18.3. The highest BCUT2D eigenvalue weighted by Gasteiger charge is 2.27. The number of benzene rings is 2. The molecule has 158 valence electrons. The van der Waals surface area contributed by atoms with E-state index in [-0.39, 0.29) is 0 Å². The summed E-state index contributed by atoms with van der Waals surface area (Å²) in [5, 5.41) is 0. The molecule has 0 saturated heterocycles. The molecule has 1 aliphatic carbocycles. The zero-order chi connectivity index (χ0) is 21.1. The molecule has 3 rings (SSSR count). The molecule has 0 saturated carbocycles. The minimum absolute atomic E-state index is 0.720. The molecule has 0 radical (unpaired) electrons. The molecule has 2 aromatic carbocycles. The molecule has 29 heavy (non-hydrogen) atoms. The van der Waals surface area contributed by atoms with Crippen molar-refractivity contribution in [2.24, 2.45) is 0 Å². The number of hydrogen-bond donors (Lipinski definition) is 0. The van der Waals surface area contributed by atoms with Gasteiger partial charge in [0, 0.05) is 0 Å². The molecule has 0 unspecified atom stereocenters. The molecule has 0 atom stereocenters. The zero-order valence-electron chi connectivity index (χ0n) is 19.2. The lowest BCUT2D eigenvalue weighted by Gasteiger charge is -2.26. The summed E-state index contributed by atoms with van der Waals surface area (Å²) >= 11 is 0. The third kappa shape index (κ3) is 5.49. The van der Waals surface area contributed by atoms with Crippen LogP contribution in [-0.4, -0.2) is 16.6 Å². The average Bonchev–Trinajstić information content (AvgIpc) is 3.03. The second kappa shape index (κ2) is 9.29. The fourth-order valence-electron chi connectivity index (χ4n) is 4.53. The van der Waals surface area contributed by atoms with Gasteiger partial charge in [-0.05, 0) is 78.1 Å². The Morgan fingerprint density at radius 2 is 1.38 bits per heavy atom. The van der Waals surface area contributed by atoms with Gasteiger partial charge in [0.05, 0.1) is 13.2 Å². The predicted octanol–water partition coefficient (Wildman–Crippen LogP) is 7.52. The van der Waals surface area contributed by atoms with E-state index in [0.29, 0.717) is 0 Å². The Balaban J connectivity index is 1.91. The first-order valence-electron chi connectivity index (χ1n) is 11.3. The summed E-state index contributed by atoms with van der Waals surface area (Å²) in [7, 11) is -3.23. The van der Waals surface area contributed by atoms with Gasteiger partial charge in [0.15, 0.2) is 16.6 Å². The van der Waals surface area contributed by atoms with Gasteiger partial charge in [-0.15, -0.1) is 0 Å². The van der Waals surface area contributed by atoms with Gasteiger partial charge in [-0.25, -0.2) is 0 Å². The molecule has 4 heteroatoms. The van der Waals surface area contributed by atoms with E-state index in [9.17, 15) is 0 Å². The summed E-state index contributed by atoms with van der Waals surface area (Å²) in [5.41, 5.74) is 8.40. The van der Waals surface area contributed by atoms with Gasteiger partial charge in [0.25, 0.3) is 0 Å². The highest BCUT2D eigenvalue weighted by molar-refractivity contribution is 6.71. The van der Waals surface area contributed by atoms with Crippen LogP contribution in [0, 0.1) is 0 Å². The van der Waals surface area contributed by atoms with Crippen molar-refractivity contribution in [2.75, 3.05) is 0 Å². The van der Waals surface area contributed by atoms with Crippen molar-refractivity contribution in [2.45, 2.75) is 84.6 Å². The van der Waals surface area contributed by atoms with Crippen LogP contribution in [0.2, 0.25) is 38.3 Å². The molecule has 0 aromatic heterocycles. The smallest absolute Gasteiger partial charge is 0.187 e.